The van der Waals surface area contributed by atoms with Crippen molar-refractivity contribution in [1.82, 2.24) is 4.98 Å². The summed E-state index contributed by atoms with van der Waals surface area (Å²) in [6.07, 6.45) is 4.46. The van der Waals surface area contributed by atoms with Crippen LogP contribution < -0.4 is 14.2 Å². The minimum absolute atomic E-state index is 0.0733. The standard InChI is InChI=1S/C20H21NO7/c1-5-28-20(24)13-10-14(19(22)23)15(21-11-13)7-6-12-8-16(25-2)18(27-4)17(9-12)26-3/h6-11H,5H2,1-4H3,(H,22,23). The summed E-state index contributed by atoms with van der Waals surface area (Å²) < 4.78 is 20.7. The number of hydrogen-bond acceptors (Lipinski definition) is 7. The monoisotopic (exact) mass is 387 g/mol. The summed E-state index contributed by atoms with van der Waals surface area (Å²) in [5.41, 5.74) is 0.829. The smallest absolute Gasteiger partial charge is 0.339 e. The Labute approximate surface area is 162 Å². The van der Waals surface area contributed by atoms with Gasteiger partial charge in [-0.1, -0.05) is 6.08 Å². The molecule has 0 fully saturated rings. The van der Waals surface area contributed by atoms with Crippen LogP contribution in [0.3, 0.4) is 0 Å². The third-order valence-corrected chi connectivity index (χ3v) is 3.78. The minimum Gasteiger partial charge on any atom is -0.493 e. The number of benzene rings is 1. The third kappa shape index (κ3) is 4.59. The fourth-order valence-corrected chi connectivity index (χ4v) is 2.48. The Morgan fingerprint density at radius 3 is 2.18 bits per heavy atom. The number of rotatable bonds is 8. The summed E-state index contributed by atoms with van der Waals surface area (Å²) in [5, 5.41) is 9.45. The average molecular weight is 387 g/mol. The number of ether oxygens (including phenoxy) is 4. The topological polar surface area (TPSA) is 104 Å². The first kappa shape index (κ1) is 20.8. The van der Waals surface area contributed by atoms with Crippen molar-refractivity contribution < 1.29 is 33.6 Å². The van der Waals surface area contributed by atoms with Crippen LogP contribution in [0.2, 0.25) is 0 Å². The lowest BCUT2D eigenvalue weighted by molar-refractivity contribution is 0.0526. The van der Waals surface area contributed by atoms with E-state index in [1.807, 2.05) is 0 Å². The Hall–Kier alpha value is -3.55. The molecule has 2 rings (SSSR count). The number of carboxylic acids is 1. The Bertz CT molecular complexity index is 880. The molecule has 1 aromatic carbocycles. The van der Waals surface area contributed by atoms with Crippen molar-refractivity contribution in [3.05, 3.63) is 46.8 Å². The van der Waals surface area contributed by atoms with Crippen molar-refractivity contribution in [2.45, 2.75) is 6.92 Å². The van der Waals surface area contributed by atoms with Gasteiger partial charge in [0.2, 0.25) is 5.75 Å². The molecule has 0 spiro atoms. The van der Waals surface area contributed by atoms with Crippen LogP contribution in [0.1, 0.15) is 38.9 Å². The molecule has 1 heterocycles. The lowest BCUT2D eigenvalue weighted by Gasteiger charge is -2.12. The number of esters is 1. The van der Waals surface area contributed by atoms with Crippen LogP contribution in [-0.2, 0) is 4.74 Å². The molecule has 0 aliphatic heterocycles. The first-order chi connectivity index (χ1) is 13.4. The number of carbonyl (C=O) groups is 2. The molecule has 148 valence electrons. The molecular formula is C20H21NO7. The third-order valence-electron chi connectivity index (χ3n) is 3.78. The van der Waals surface area contributed by atoms with Crippen molar-refractivity contribution in [2.75, 3.05) is 27.9 Å². The highest BCUT2D eigenvalue weighted by molar-refractivity contribution is 5.97. The molecule has 0 unspecified atom stereocenters. The largest absolute Gasteiger partial charge is 0.493 e. The second kappa shape index (κ2) is 9.40. The number of nitrogens with zero attached hydrogens (tertiary/aromatic N) is 1. The Balaban J connectivity index is 2.43. The van der Waals surface area contributed by atoms with E-state index in [-0.39, 0.29) is 23.4 Å². The van der Waals surface area contributed by atoms with Crippen LogP contribution in [0.25, 0.3) is 12.2 Å². The van der Waals surface area contributed by atoms with Gasteiger partial charge in [0, 0.05) is 6.20 Å². The predicted molar refractivity (Wildman–Crippen MR) is 102 cm³/mol. The van der Waals surface area contributed by atoms with Crippen molar-refractivity contribution in [3.8, 4) is 17.2 Å². The Morgan fingerprint density at radius 2 is 1.68 bits per heavy atom. The summed E-state index contributed by atoms with van der Waals surface area (Å²) in [7, 11) is 4.51. The molecule has 2 aromatic rings. The molecule has 8 nitrogen and oxygen atoms in total. The molecule has 1 aromatic heterocycles. The molecule has 0 atom stereocenters. The predicted octanol–water partition coefficient (Wildman–Crippen LogP) is 3.15. The molecule has 0 radical (unpaired) electrons. The number of pyridine rings is 1. The first-order valence-corrected chi connectivity index (χ1v) is 8.33. The van der Waals surface area contributed by atoms with E-state index in [0.717, 1.165) is 0 Å². The number of aromatic nitrogens is 1. The molecule has 1 N–H and O–H groups in total. The van der Waals surface area contributed by atoms with E-state index < -0.39 is 11.9 Å². The van der Waals surface area contributed by atoms with E-state index in [4.69, 9.17) is 18.9 Å². The molecule has 0 bridgehead atoms. The van der Waals surface area contributed by atoms with Gasteiger partial charge in [-0.15, -0.1) is 0 Å². The fraction of sp³-hybridized carbons (Fsp3) is 0.250. The number of methoxy groups -OCH3 is 3. The summed E-state index contributed by atoms with van der Waals surface area (Å²) in [4.78, 5) is 27.4. The van der Waals surface area contributed by atoms with Gasteiger partial charge in [0.05, 0.1) is 44.8 Å². The molecule has 0 aliphatic rings. The van der Waals surface area contributed by atoms with Gasteiger partial charge in [-0.25, -0.2) is 9.59 Å². The van der Waals surface area contributed by atoms with Crippen LogP contribution in [0, 0.1) is 0 Å². The quantitative estimate of drug-likeness (QED) is 0.689. The molecule has 0 saturated heterocycles. The highest BCUT2D eigenvalue weighted by atomic mass is 16.5. The van der Waals surface area contributed by atoms with E-state index in [2.05, 4.69) is 4.98 Å². The van der Waals surface area contributed by atoms with Crippen LogP contribution in [0.5, 0.6) is 17.2 Å². The number of aromatic carboxylic acids is 1. The Kier molecular flexibility index (Phi) is 6.97. The average Bonchev–Trinajstić information content (AvgIpc) is 2.71. The molecule has 0 saturated carbocycles. The van der Waals surface area contributed by atoms with Crippen LogP contribution in [-0.4, -0.2) is 50.0 Å². The molecular weight excluding hydrogens is 366 g/mol. The lowest BCUT2D eigenvalue weighted by Crippen LogP contribution is -2.09. The maximum Gasteiger partial charge on any atom is 0.339 e. The van der Waals surface area contributed by atoms with E-state index in [1.165, 1.54) is 39.7 Å². The second-order valence-corrected chi connectivity index (χ2v) is 5.47. The summed E-state index contributed by atoms with van der Waals surface area (Å²) >= 11 is 0. The van der Waals surface area contributed by atoms with Gasteiger partial charge >= 0.3 is 11.9 Å². The molecule has 0 aliphatic carbocycles. The number of carboxylic acid groups (broad SMARTS) is 1. The van der Waals surface area contributed by atoms with Crippen LogP contribution in [0.15, 0.2) is 24.4 Å². The van der Waals surface area contributed by atoms with Crippen LogP contribution >= 0.6 is 0 Å². The molecule has 8 heteroatoms. The number of hydrogen-bond donors (Lipinski definition) is 1. The maximum atomic E-state index is 11.8. The molecule has 0 amide bonds. The van der Waals surface area contributed by atoms with Gasteiger partial charge in [-0.2, -0.15) is 0 Å². The lowest BCUT2D eigenvalue weighted by atomic mass is 10.1. The van der Waals surface area contributed by atoms with E-state index >= 15 is 0 Å². The molecule has 28 heavy (non-hydrogen) atoms. The number of carbonyl (C=O) groups excluding carboxylic acids is 1. The zero-order chi connectivity index (χ0) is 20.7. The normalized spacial score (nSPS) is 10.6. The first-order valence-electron chi connectivity index (χ1n) is 8.33. The maximum absolute atomic E-state index is 11.8. The zero-order valence-electron chi connectivity index (χ0n) is 16.0. The van der Waals surface area contributed by atoms with Gasteiger partial charge in [0.15, 0.2) is 11.5 Å². The van der Waals surface area contributed by atoms with E-state index in [9.17, 15) is 14.7 Å². The van der Waals surface area contributed by atoms with E-state index in [1.54, 1.807) is 25.1 Å². The second-order valence-electron chi connectivity index (χ2n) is 5.47. The van der Waals surface area contributed by atoms with Crippen molar-refractivity contribution >= 4 is 24.1 Å². The summed E-state index contributed by atoms with van der Waals surface area (Å²) in [5.74, 6) is -0.456. The zero-order valence-corrected chi connectivity index (χ0v) is 16.0. The van der Waals surface area contributed by atoms with Gasteiger partial charge in [0.25, 0.3) is 0 Å². The van der Waals surface area contributed by atoms with Gasteiger partial charge < -0.3 is 24.1 Å². The SMILES string of the molecule is CCOC(=O)c1cnc(C=Cc2cc(OC)c(OC)c(OC)c2)c(C(=O)O)c1. The summed E-state index contributed by atoms with van der Waals surface area (Å²) in [6.45, 7) is 1.85. The highest BCUT2D eigenvalue weighted by Gasteiger charge is 2.16. The Morgan fingerprint density at radius 1 is 1.04 bits per heavy atom. The van der Waals surface area contributed by atoms with Gasteiger partial charge in [-0.3, -0.25) is 4.98 Å². The van der Waals surface area contributed by atoms with Crippen molar-refractivity contribution in [2.24, 2.45) is 0 Å². The van der Waals surface area contributed by atoms with Crippen molar-refractivity contribution in [3.63, 3.8) is 0 Å². The van der Waals surface area contributed by atoms with Gasteiger partial charge in [0.1, 0.15) is 0 Å². The van der Waals surface area contributed by atoms with Gasteiger partial charge in [-0.05, 0) is 36.8 Å². The highest BCUT2D eigenvalue weighted by Crippen LogP contribution is 2.38. The summed E-state index contributed by atoms with van der Waals surface area (Å²) in [6, 6.07) is 4.67. The minimum atomic E-state index is -1.21. The fourth-order valence-electron chi connectivity index (χ4n) is 2.48. The van der Waals surface area contributed by atoms with Crippen LogP contribution in [0.4, 0.5) is 0 Å². The van der Waals surface area contributed by atoms with Crippen molar-refractivity contribution in [1.29, 1.82) is 0 Å². The van der Waals surface area contributed by atoms with E-state index in [0.29, 0.717) is 22.8 Å².